The molecule has 0 aliphatic heterocycles. The maximum absolute atomic E-state index is 11.9. The van der Waals surface area contributed by atoms with E-state index in [1.54, 1.807) is 0 Å². The monoisotopic (exact) mass is 248 g/mol. The van der Waals surface area contributed by atoms with Crippen molar-refractivity contribution in [1.82, 2.24) is 5.32 Å². The molecule has 3 N–H and O–H groups in total. The summed E-state index contributed by atoms with van der Waals surface area (Å²) in [5.74, 6) is 0.107. The second-order valence-corrected chi connectivity index (χ2v) is 5.28. The number of rotatable bonds is 6. The molecule has 0 saturated carbocycles. The molecule has 0 saturated heterocycles. The highest BCUT2D eigenvalue weighted by Gasteiger charge is 2.24. The van der Waals surface area contributed by atoms with Crippen molar-refractivity contribution in [3.05, 3.63) is 35.4 Å². The van der Waals surface area contributed by atoms with E-state index >= 15 is 0 Å². The highest BCUT2D eigenvalue weighted by atomic mass is 16.2. The van der Waals surface area contributed by atoms with Crippen LogP contribution < -0.4 is 11.1 Å². The van der Waals surface area contributed by atoms with Crippen molar-refractivity contribution < 1.29 is 4.79 Å². The van der Waals surface area contributed by atoms with Gasteiger partial charge in [-0.05, 0) is 30.5 Å². The van der Waals surface area contributed by atoms with Crippen LogP contribution in [-0.2, 0) is 17.8 Å². The van der Waals surface area contributed by atoms with E-state index in [0.717, 1.165) is 18.4 Å². The van der Waals surface area contributed by atoms with Crippen molar-refractivity contribution in [2.75, 3.05) is 6.54 Å². The van der Waals surface area contributed by atoms with Crippen LogP contribution in [0.4, 0.5) is 0 Å². The summed E-state index contributed by atoms with van der Waals surface area (Å²) in [6.07, 6.45) is 1.74. The lowest BCUT2D eigenvalue weighted by molar-refractivity contribution is -0.129. The summed E-state index contributed by atoms with van der Waals surface area (Å²) in [4.78, 5) is 11.9. The summed E-state index contributed by atoms with van der Waals surface area (Å²) < 4.78 is 0. The van der Waals surface area contributed by atoms with E-state index in [4.69, 9.17) is 5.73 Å². The minimum atomic E-state index is -0.292. The number of nitrogens with two attached hydrogens (primary N) is 1. The van der Waals surface area contributed by atoms with E-state index < -0.39 is 0 Å². The molecule has 0 radical (unpaired) electrons. The van der Waals surface area contributed by atoms with Crippen LogP contribution in [0.2, 0.25) is 0 Å². The minimum Gasteiger partial charge on any atom is -0.352 e. The number of carbonyl (C=O) groups excluding carboxylic acids is 1. The van der Waals surface area contributed by atoms with Gasteiger partial charge in [0.1, 0.15) is 0 Å². The quantitative estimate of drug-likeness (QED) is 0.811. The molecule has 0 aliphatic carbocycles. The van der Waals surface area contributed by atoms with Crippen LogP contribution in [-0.4, -0.2) is 12.5 Å². The Labute approximate surface area is 110 Å². The van der Waals surface area contributed by atoms with Crippen molar-refractivity contribution in [2.45, 2.75) is 40.2 Å². The Morgan fingerprint density at radius 3 is 2.28 bits per heavy atom. The molecular weight excluding hydrogens is 224 g/mol. The molecule has 3 heteroatoms. The van der Waals surface area contributed by atoms with E-state index in [9.17, 15) is 4.79 Å². The third kappa shape index (κ3) is 4.15. The van der Waals surface area contributed by atoms with Gasteiger partial charge in [-0.15, -0.1) is 0 Å². The van der Waals surface area contributed by atoms with Gasteiger partial charge < -0.3 is 11.1 Å². The molecule has 1 aromatic carbocycles. The first-order valence-electron chi connectivity index (χ1n) is 6.56. The Morgan fingerprint density at radius 2 is 1.78 bits per heavy atom. The Kier molecular flexibility index (Phi) is 5.35. The van der Waals surface area contributed by atoms with Crippen LogP contribution in [0.5, 0.6) is 0 Å². The standard InChI is InChI=1S/C15H24N2O/c1-4-15(2,3)14(18)17-11-13-7-5-12(6-8-13)9-10-16/h5-8H,4,9-11,16H2,1-3H3,(H,17,18). The molecule has 1 aromatic rings. The molecule has 0 spiro atoms. The normalized spacial score (nSPS) is 11.3. The van der Waals surface area contributed by atoms with Crippen molar-refractivity contribution >= 4 is 5.91 Å². The molecule has 0 aromatic heterocycles. The number of hydrogen-bond acceptors (Lipinski definition) is 2. The predicted molar refractivity (Wildman–Crippen MR) is 75.1 cm³/mol. The lowest BCUT2D eigenvalue weighted by Crippen LogP contribution is -2.35. The summed E-state index contributed by atoms with van der Waals surface area (Å²) in [6, 6.07) is 8.23. The average Bonchev–Trinajstić information content (AvgIpc) is 2.38. The second kappa shape index (κ2) is 6.55. The van der Waals surface area contributed by atoms with Gasteiger partial charge in [0.2, 0.25) is 5.91 Å². The van der Waals surface area contributed by atoms with Gasteiger partial charge in [0, 0.05) is 12.0 Å². The third-order valence-corrected chi connectivity index (χ3v) is 3.41. The lowest BCUT2D eigenvalue weighted by atomic mass is 9.89. The van der Waals surface area contributed by atoms with Crippen molar-refractivity contribution in [2.24, 2.45) is 11.1 Å². The number of hydrogen-bond donors (Lipinski definition) is 2. The molecule has 100 valence electrons. The summed E-state index contributed by atoms with van der Waals surface area (Å²) in [5, 5.41) is 2.98. The molecular formula is C15H24N2O. The highest BCUT2D eigenvalue weighted by molar-refractivity contribution is 5.81. The molecule has 1 rings (SSSR count). The van der Waals surface area contributed by atoms with Crippen LogP contribution in [0.1, 0.15) is 38.3 Å². The van der Waals surface area contributed by atoms with Crippen LogP contribution in [0.15, 0.2) is 24.3 Å². The zero-order chi connectivity index (χ0) is 13.6. The molecule has 0 heterocycles. The minimum absolute atomic E-state index is 0.107. The maximum atomic E-state index is 11.9. The van der Waals surface area contributed by atoms with Gasteiger partial charge in [-0.1, -0.05) is 45.0 Å². The van der Waals surface area contributed by atoms with E-state index in [2.05, 4.69) is 17.4 Å². The van der Waals surface area contributed by atoms with Crippen molar-refractivity contribution in [1.29, 1.82) is 0 Å². The Balaban J connectivity index is 2.51. The van der Waals surface area contributed by atoms with Gasteiger partial charge in [-0.25, -0.2) is 0 Å². The zero-order valence-electron chi connectivity index (χ0n) is 11.6. The van der Waals surface area contributed by atoms with Crippen molar-refractivity contribution in [3.63, 3.8) is 0 Å². The molecule has 3 nitrogen and oxygen atoms in total. The van der Waals surface area contributed by atoms with Gasteiger partial charge in [0.15, 0.2) is 0 Å². The highest BCUT2D eigenvalue weighted by Crippen LogP contribution is 2.19. The van der Waals surface area contributed by atoms with E-state index in [1.165, 1.54) is 5.56 Å². The second-order valence-electron chi connectivity index (χ2n) is 5.28. The van der Waals surface area contributed by atoms with Crippen molar-refractivity contribution in [3.8, 4) is 0 Å². The number of nitrogens with one attached hydrogen (secondary N) is 1. The first kappa shape index (κ1) is 14.7. The summed E-state index contributed by atoms with van der Waals surface area (Å²) in [6.45, 7) is 7.21. The number of carbonyl (C=O) groups is 1. The van der Waals surface area contributed by atoms with Crippen LogP contribution in [0, 0.1) is 5.41 Å². The molecule has 0 aliphatic rings. The van der Waals surface area contributed by atoms with E-state index in [-0.39, 0.29) is 11.3 Å². The predicted octanol–water partition coefficient (Wildman–Crippen LogP) is 2.24. The van der Waals surface area contributed by atoms with Crippen LogP contribution in [0.25, 0.3) is 0 Å². The lowest BCUT2D eigenvalue weighted by Gasteiger charge is -2.21. The molecule has 0 bridgehead atoms. The zero-order valence-corrected chi connectivity index (χ0v) is 11.6. The van der Waals surface area contributed by atoms with Crippen LogP contribution in [0.3, 0.4) is 0 Å². The Bertz CT molecular complexity index is 382. The SMILES string of the molecule is CCC(C)(C)C(=O)NCc1ccc(CCN)cc1. The maximum Gasteiger partial charge on any atom is 0.225 e. The molecule has 0 atom stereocenters. The Hall–Kier alpha value is -1.35. The van der Waals surface area contributed by atoms with Crippen LogP contribution >= 0.6 is 0 Å². The first-order valence-corrected chi connectivity index (χ1v) is 6.56. The average molecular weight is 248 g/mol. The third-order valence-electron chi connectivity index (χ3n) is 3.41. The Morgan fingerprint density at radius 1 is 1.22 bits per heavy atom. The summed E-state index contributed by atoms with van der Waals surface area (Å²) in [7, 11) is 0. The first-order chi connectivity index (χ1) is 8.49. The smallest absolute Gasteiger partial charge is 0.225 e. The van der Waals surface area contributed by atoms with Gasteiger partial charge in [0.05, 0.1) is 0 Å². The topological polar surface area (TPSA) is 55.1 Å². The fraction of sp³-hybridized carbons (Fsp3) is 0.533. The van der Waals surface area contributed by atoms with Gasteiger partial charge in [-0.2, -0.15) is 0 Å². The summed E-state index contributed by atoms with van der Waals surface area (Å²) >= 11 is 0. The number of amides is 1. The van der Waals surface area contributed by atoms with Gasteiger partial charge >= 0.3 is 0 Å². The van der Waals surface area contributed by atoms with Gasteiger partial charge in [0.25, 0.3) is 0 Å². The molecule has 18 heavy (non-hydrogen) atoms. The number of benzene rings is 1. The summed E-state index contributed by atoms with van der Waals surface area (Å²) in [5.41, 5.74) is 7.57. The van der Waals surface area contributed by atoms with E-state index in [1.807, 2.05) is 32.9 Å². The van der Waals surface area contributed by atoms with E-state index in [0.29, 0.717) is 13.1 Å². The molecule has 1 amide bonds. The fourth-order valence-electron chi connectivity index (χ4n) is 1.57. The molecule has 0 fully saturated rings. The fourth-order valence-corrected chi connectivity index (χ4v) is 1.57. The molecule has 0 unspecified atom stereocenters. The van der Waals surface area contributed by atoms with Gasteiger partial charge in [-0.3, -0.25) is 4.79 Å². The largest absolute Gasteiger partial charge is 0.352 e.